The molecule has 2 aromatic rings. The normalized spacial score (nSPS) is 10.8. The van der Waals surface area contributed by atoms with E-state index in [4.69, 9.17) is 13.9 Å². The van der Waals surface area contributed by atoms with Gasteiger partial charge in [0.05, 0.1) is 20.3 Å². The summed E-state index contributed by atoms with van der Waals surface area (Å²) < 4.78 is 15.8. The summed E-state index contributed by atoms with van der Waals surface area (Å²) in [5.41, 5.74) is 1.67. The van der Waals surface area contributed by atoms with Crippen LogP contribution in [-0.4, -0.2) is 31.6 Å². The summed E-state index contributed by atoms with van der Waals surface area (Å²) in [5.74, 6) is 1.84. The molecule has 0 saturated heterocycles. The van der Waals surface area contributed by atoms with Crippen LogP contribution in [0.25, 0.3) is 0 Å². The summed E-state index contributed by atoms with van der Waals surface area (Å²) in [6.07, 6.45) is 0. The van der Waals surface area contributed by atoms with Gasteiger partial charge in [-0.15, -0.1) is 0 Å². The summed E-state index contributed by atoms with van der Waals surface area (Å²) in [6.45, 7) is 5.79. The molecule has 0 aliphatic heterocycles. The smallest absolute Gasteiger partial charge is 0.341 e. The van der Waals surface area contributed by atoms with Crippen molar-refractivity contribution in [2.24, 2.45) is 0 Å². The van der Waals surface area contributed by atoms with Gasteiger partial charge in [0.2, 0.25) is 0 Å². The topological polar surface area (TPSA) is 51.9 Å². The minimum absolute atomic E-state index is 0.369. The molecular formula is C18H23NO4. The highest BCUT2D eigenvalue weighted by molar-refractivity contribution is 5.90. The molecule has 0 unspecified atom stereocenters. The first-order valence-electron chi connectivity index (χ1n) is 7.61. The molecule has 0 amide bonds. The Morgan fingerprint density at radius 1 is 1.22 bits per heavy atom. The standard InChI is InChI=1S/C18H23NO4/c1-5-22-15-8-6-14(7-9-15)11-19(3)12-16-10-17(13(2)23-16)18(20)21-4/h6-10H,5,11-12H2,1-4H3. The molecule has 0 aliphatic carbocycles. The molecule has 5 nitrogen and oxygen atoms in total. The molecule has 124 valence electrons. The van der Waals surface area contributed by atoms with E-state index in [0.717, 1.165) is 18.1 Å². The third-order valence-electron chi connectivity index (χ3n) is 3.49. The summed E-state index contributed by atoms with van der Waals surface area (Å²) in [4.78, 5) is 13.7. The van der Waals surface area contributed by atoms with Gasteiger partial charge < -0.3 is 13.9 Å². The summed E-state index contributed by atoms with van der Waals surface area (Å²) in [6, 6.07) is 9.79. The van der Waals surface area contributed by atoms with Crippen molar-refractivity contribution in [3.8, 4) is 5.75 Å². The predicted molar refractivity (Wildman–Crippen MR) is 87.6 cm³/mol. The van der Waals surface area contributed by atoms with Gasteiger partial charge in [0.1, 0.15) is 22.8 Å². The largest absolute Gasteiger partial charge is 0.494 e. The third-order valence-corrected chi connectivity index (χ3v) is 3.49. The van der Waals surface area contributed by atoms with Gasteiger partial charge in [-0.25, -0.2) is 4.79 Å². The Morgan fingerprint density at radius 3 is 2.52 bits per heavy atom. The average Bonchev–Trinajstić information content (AvgIpc) is 2.89. The Kier molecular flexibility index (Phi) is 5.82. The van der Waals surface area contributed by atoms with E-state index in [0.29, 0.717) is 24.5 Å². The maximum Gasteiger partial charge on any atom is 0.341 e. The summed E-state index contributed by atoms with van der Waals surface area (Å²) >= 11 is 0. The van der Waals surface area contributed by atoms with Crippen LogP contribution in [0.1, 0.15) is 34.4 Å². The molecule has 0 saturated carbocycles. The molecule has 1 heterocycles. The first kappa shape index (κ1) is 17.1. The number of carbonyl (C=O) groups is 1. The van der Waals surface area contributed by atoms with Crippen molar-refractivity contribution in [1.29, 1.82) is 0 Å². The van der Waals surface area contributed by atoms with Crippen LogP contribution >= 0.6 is 0 Å². The number of nitrogens with zero attached hydrogens (tertiary/aromatic N) is 1. The molecule has 1 aromatic carbocycles. The molecule has 0 radical (unpaired) electrons. The molecule has 0 atom stereocenters. The number of benzene rings is 1. The number of ether oxygens (including phenoxy) is 2. The van der Waals surface area contributed by atoms with Crippen LogP contribution in [0.4, 0.5) is 0 Å². The van der Waals surface area contributed by atoms with Crippen molar-refractivity contribution in [3.63, 3.8) is 0 Å². The van der Waals surface area contributed by atoms with Crippen molar-refractivity contribution >= 4 is 5.97 Å². The second kappa shape index (κ2) is 7.83. The number of furan rings is 1. The number of methoxy groups -OCH3 is 1. The SMILES string of the molecule is CCOc1ccc(CN(C)Cc2cc(C(=O)OC)c(C)o2)cc1. The van der Waals surface area contributed by atoms with Crippen LogP contribution in [-0.2, 0) is 17.8 Å². The van der Waals surface area contributed by atoms with Crippen LogP contribution in [0.2, 0.25) is 0 Å². The van der Waals surface area contributed by atoms with Crippen molar-refractivity contribution in [3.05, 3.63) is 53.0 Å². The number of rotatable bonds is 7. The third kappa shape index (κ3) is 4.60. The fourth-order valence-electron chi connectivity index (χ4n) is 2.43. The van der Waals surface area contributed by atoms with E-state index in [-0.39, 0.29) is 5.97 Å². The Bertz CT molecular complexity index is 646. The van der Waals surface area contributed by atoms with Gasteiger partial charge in [0.25, 0.3) is 0 Å². The van der Waals surface area contributed by atoms with E-state index in [9.17, 15) is 4.79 Å². The molecule has 0 spiro atoms. The first-order valence-corrected chi connectivity index (χ1v) is 7.61. The van der Waals surface area contributed by atoms with Crippen molar-refractivity contribution in [1.82, 2.24) is 4.90 Å². The highest BCUT2D eigenvalue weighted by atomic mass is 16.5. The van der Waals surface area contributed by atoms with Gasteiger partial charge in [-0.05, 0) is 44.7 Å². The molecule has 0 bridgehead atoms. The average molecular weight is 317 g/mol. The highest BCUT2D eigenvalue weighted by Crippen LogP contribution is 2.18. The lowest BCUT2D eigenvalue weighted by Gasteiger charge is -2.15. The highest BCUT2D eigenvalue weighted by Gasteiger charge is 2.16. The Morgan fingerprint density at radius 2 is 1.91 bits per heavy atom. The molecular weight excluding hydrogens is 294 g/mol. The van der Waals surface area contributed by atoms with E-state index in [1.165, 1.54) is 12.7 Å². The van der Waals surface area contributed by atoms with Gasteiger partial charge in [-0.2, -0.15) is 0 Å². The van der Waals surface area contributed by atoms with Crippen LogP contribution < -0.4 is 4.74 Å². The van der Waals surface area contributed by atoms with Crippen LogP contribution in [0.5, 0.6) is 5.75 Å². The maximum atomic E-state index is 11.6. The lowest BCUT2D eigenvalue weighted by Crippen LogP contribution is -2.16. The Balaban J connectivity index is 1.96. The van der Waals surface area contributed by atoms with E-state index >= 15 is 0 Å². The number of hydrogen-bond acceptors (Lipinski definition) is 5. The summed E-state index contributed by atoms with van der Waals surface area (Å²) in [7, 11) is 3.37. The lowest BCUT2D eigenvalue weighted by atomic mass is 10.2. The van der Waals surface area contributed by atoms with Crippen LogP contribution in [0.15, 0.2) is 34.7 Å². The zero-order valence-electron chi connectivity index (χ0n) is 14.1. The number of aryl methyl sites for hydroxylation is 1. The monoisotopic (exact) mass is 317 g/mol. The van der Waals surface area contributed by atoms with Gasteiger partial charge in [0, 0.05) is 6.54 Å². The van der Waals surface area contributed by atoms with E-state index < -0.39 is 0 Å². The lowest BCUT2D eigenvalue weighted by molar-refractivity contribution is 0.0599. The second-order valence-electron chi connectivity index (χ2n) is 5.42. The molecule has 5 heteroatoms. The molecule has 0 N–H and O–H groups in total. The minimum atomic E-state index is -0.369. The van der Waals surface area contributed by atoms with Gasteiger partial charge in [-0.1, -0.05) is 12.1 Å². The van der Waals surface area contributed by atoms with E-state index in [1.807, 2.05) is 26.1 Å². The Labute approximate surface area is 136 Å². The Hall–Kier alpha value is -2.27. The molecule has 0 aliphatic rings. The van der Waals surface area contributed by atoms with Crippen LogP contribution in [0.3, 0.4) is 0 Å². The quantitative estimate of drug-likeness (QED) is 0.733. The van der Waals surface area contributed by atoms with E-state index in [2.05, 4.69) is 17.0 Å². The maximum absolute atomic E-state index is 11.6. The first-order chi connectivity index (χ1) is 11.0. The van der Waals surface area contributed by atoms with E-state index in [1.54, 1.807) is 13.0 Å². The molecule has 23 heavy (non-hydrogen) atoms. The number of esters is 1. The molecule has 0 fully saturated rings. The van der Waals surface area contributed by atoms with Crippen molar-refractivity contribution in [2.45, 2.75) is 26.9 Å². The zero-order chi connectivity index (χ0) is 16.8. The van der Waals surface area contributed by atoms with Gasteiger partial charge >= 0.3 is 5.97 Å². The fourth-order valence-corrected chi connectivity index (χ4v) is 2.43. The zero-order valence-corrected chi connectivity index (χ0v) is 14.1. The molecule has 2 rings (SSSR count). The number of carbonyl (C=O) groups excluding carboxylic acids is 1. The van der Waals surface area contributed by atoms with Gasteiger partial charge in [0.15, 0.2) is 0 Å². The van der Waals surface area contributed by atoms with Gasteiger partial charge in [-0.3, -0.25) is 4.90 Å². The molecule has 1 aromatic heterocycles. The predicted octanol–water partition coefficient (Wildman–Crippen LogP) is 3.41. The minimum Gasteiger partial charge on any atom is -0.494 e. The summed E-state index contributed by atoms with van der Waals surface area (Å²) in [5, 5.41) is 0. The van der Waals surface area contributed by atoms with Crippen LogP contribution in [0, 0.1) is 6.92 Å². The fraction of sp³-hybridized carbons (Fsp3) is 0.389. The van der Waals surface area contributed by atoms with Crippen molar-refractivity contribution < 1.29 is 18.7 Å². The van der Waals surface area contributed by atoms with Crippen molar-refractivity contribution in [2.75, 3.05) is 20.8 Å². The second-order valence-corrected chi connectivity index (χ2v) is 5.42. The number of hydrogen-bond donors (Lipinski definition) is 0.